The molecule has 0 amide bonds. The summed E-state index contributed by atoms with van der Waals surface area (Å²) in [4.78, 5) is 4.45. The Morgan fingerprint density at radius 2 is 2.05 bits per heavy atom. The smallest absolute Gasteiger partial charge is 0.125 e. The predicted octanol–water partition coefficient (Wildman–Crippen LogP) is 4.36. The molecule has 1 atom stereocenters. The SMILES string of the molecule is OC(Cc1nc2ccccc2s1)c1cc(F)cc(Cl)c1. The largest absolute Gasteiger partial charge is 0.388 e. The number of rotatable bonds is 3. The van der Waals surface area contributed by atoms with E-state index in [-0.39, 0.29) is 5.02 Å². The lowest BCUT2D eigenvalue weighted by Gasteiger charge is -2.09. The highest BCUT2D eigenvalue weighted by atomic mass is 35.5. The van der Waals surface area contributed by atoms with Gasteiger partial charge in [0.15, 0.2) is 0 Å². The van der Waals surface area contributed by atoms with Gasteiger partial charge in [-0.1, -0.05) is 23.7 Å². The maximum atomic E-state index is 13.3. The van der Waals surface area contributed by atoms with Crippen molar-refractivity contribution in [2.75, 3.05) is 0 Å². The van der Waals surface area contributed by atoms with Crippen LogP contribution in [-0.4, -0.2) is 10.1 Å². The van der Waals surface area contributed by atoms with Crippen molar-refractivity contribution in [3.05, 3.63) is 63.9 Å². The van der Waals surface area contributed by atoms with E-state index in [1.165, 1.54) is 23.5 Å². The van der Waals surface area contributed by atoms with Crippen molar-refractivity contribution in [1.82, 2.24) is 4.98 Å². The minimum absolute atomic E-state index is 0.281. The van der Waals surface area contributed by atoms with E-state index in [1.807, 2.05) is 24.3 Å². The molecular formula is C15H11ClFNOS. The van der Waals surface area contributed by atoms with E-state index in [0.29, 0.717) is 12.0 Å². The Hall–Kier alpha value is -1.49. The number of thiazole rings is 1. The van der Waals surface area contributed by atoms with Gasteiger partial charge in [0, 0.05) is 11.4 Å². The summed E-state index contributed by atoms with van der Waals surface area (Å²) in [5.74, 6) is -0.448. The van der Waals surface area contributed by atoms with E-state index in [4.69, 9.17) is 11.6 Å². The van der Waals surface area contributed by atoms with Crippen molar-refractivity contribution >= 4 is 33.2 Å². The molecule has 2 aromatic carbocycles. The number of benzene rings is 2. The van der Waals surface area contributed by atoms with E-state index in [2.05, 4.69) is 4.98 Å². The van der Waals surface area contributed by atoms with Gasteiger partial charge < -0.3 is 5.11 Å². The van der Waals surface area contributed by atoms with Crippen LogP contribution in [0.1, 0.15) is 16.7 Å². The number of aliphatic hydroxyl groups excluding tert-OH is 1. The summed E-state index contributed by atoms with van der Waals surface area (Å²) in [6.07, 6.45) is -0.470. The maximum absolute atomic E-state index is 13.3. The van der Waals surface area contributed by atoms with Crippen LogP contribution in [0.5, 0.6) is 0 Å². The Bertz CT molecular complexity index is 705. The van der Waals surface area contributed by atoms with Crippen LogP contribution >= 0.6 is 22.9 Å². The van der Waals surface area contributed by atoms with Gasteiger partial charge in [0.25, 0.3) is 0 Å². The van der Waals surface area contributed by atoms with Gasteiger partial charge in [-0.05, 0) is 35.9 Å². The quantitative estimate of drug-likeness (QED) is 0.779. The van der Waals surface area contributed by atoms with Gasteiger partial charge in [0.1, 0.15) is 5.82 Å². The van der Waals surface area contributed by atoms with Gasteiger partial charge in [-0.3, -0.25) is 0 Å². The van der Waals surface area contributed by atoms with Gasteiger partial charge in [0.2, 0.25) is 0 Å². The standard InChI is InChI=1S/C15H11ClFNOS/c16-10-5-9(6-11(17)7-10)13(19)8-15-18-12-3-1-2-4-14(12)20-15/h1-7,13,19H,8H2. The second-order valence-corrected chi connectivity index (χ2v) is 6.05. The Labute approximate surface area is 124 Å². The van der Waals surface area contributed by atoms with Crippen molar-refractivity contribution < 1.29 is 9.50 Å². The zero-order valence-electron chi connectivity index (χ0n) is 10.4. The molecule has 0 aliphatic heterocycles. The summed E-state index contributed by atoms with van der Waals surface area (Å²) in [6.45, 7) is 0. The molecule has 3 aromatic rings. The third kappa shape index (κ3) is 2.82. The molecule has 102 valence electrons. The van der Waals surface area contributed by atoms with Gasteiger partial charge in [-0.15, -0.1) is 11.3 Å². The lowest BCUT2D eigenvalue weighted by Crippen LogP contribution is -2.02. The van der Waals surface area contributed by atoms with Crippen molar-refractivity contribution in [1.29, 1.82) is 0 Å². The second kappa shape index (κ2) is 5.48. The molecule has 1 unspecified atom stereocenters. The molecule has 1 aromatic heterocycles. The van der Waals surface area contributed by atoms with Crippen molar-refractivity contribution in [2.24, 2.45) is 0 Å². The van der Waals surface area contributed by atoms with Gasteiger partial charge >= 0.3 is 0 Å². The van der Waals surface area contributed by atoms with E-state index >= 15 is 0 Å². The molecule has 0 bridgehead atoms. The summed E-state index contributed by atoms with van der Waals surface area (Å²) in [5.41, 5.74) is 1.38. The van der Waals surface area contributed by atoms with Crippen LogP contribution in [0.3, 0.4) is 0 Å². The highest BCUT2D eigenvalue weighted by Crippen LogP contribution is 2.27. The first-order chi connectivity index (χ1) is 9.61. The Balaban J connectivity index is 1.86. The number of aliphatic hydroxyl groups is 1. The van der Waals surface area contributed by atoms with E-state index in [1.54, 1.807) is 6.07 Å². The minimum atomic E-state index is -0.816. The fourth-order valence-electron chi connectivity index (χ4n) is 2.06. The first-order valence-electron chi connectivity index (χ1n) is 6.10. The van der Waals surface area contributed by atoms with Gasteiger partial charge in [-0.25, -0.2) is 9.37 Å². The lowest BCUT2D eigenvalue weighted by molar-refractivity contribution is 0.178. The van der Waals surface area contributed by atoms with Crippen LogP contribution in [0.2, 0.25) is 5.02 Å². The van der Waals surface area contributed by atoms with Crippen molar-refractivity contribution in [3.8, 4) is 0 Å². The number of para-hydroxylation sites is 1. The summed E-state index contributed by atoms with van der Waals surface area (Å²) >= 11 is 7.33. The molecule has 1 N–H and O–H groups in total. The predicted molar refractivity (Wildman–Crippen MR) is 79.7 cm³/mol. The highest BCUT2D eigenvalue weighted by Gasteiger charge is 2.13. The van der Waals surface area contributed by atoms with Gasteiger partial charge in [-0.2, -0.15) is 0 Å². The first kappa shape index (κ1) is 13.5. The van der Waals surface area contributed by atoms with Crippen LogP contribution in [0, 0.1) is 5.82 Å². The molecule has 1 heterocycles. The third-order valence-electron chi connectivity index (χ3n) is 2.98. The topological polar surface area (TPSA) is 33.1 Å². The molecule has 0 aliphatic rings. The van der Waals surface area contributed by atoms with Crippen LogP contribution < -0.4 is 0 Å². The zero-order valence-corrected chi connectivity index (χ0v) is 12.0. The summed E-state index contributed by atoms with van der Waals surface area (Å²) in [6, 6.07) is 11.9. The van der Waals surface area contributed by atoms with Crippen LogP contribution in [0.25, 0.3) is 10.2 Å². The molecule has 0 radical (unpaired) electrons. The average Bonchev–Trinajstić information content (AvgIpc) is 2.79. The Morgan fingerprint density at radius 1 is 1.25 bits per heavy atom. The monoisotopic (exact) mass is 307 g/mol. The van der Waals surface area contributed by atoms with E-state index in [9.17, 15) is 9.50 Å². The lowest BCUT2D eigenvalue weighted by atomic mass is 10.1. The number of aromatic nitrogens is 1. The summed E-state index contributed by atoms with van der Waals surface area (Å²) in [7, 11) is 0. The fourth-order valence-corrected chi connectivity index (χ4v) is 3.29. The minimum Gasteiger partial charge on any atom is -0.388 e. The summed E-state index contributed by atoms with van der Waals surface area (Å²) in [5, 5.41) is 11.3. The second-order valence-electron chi connectivity index (χ2n) is 4.50. The molecule has 0 saturated heterocycles. The molecule has 5 heteroatoms. The summed E-state index contributed by atoms with van der Waals surface area (Å²) < 4.78 is 14.4. The Kier molecular flexibility index (Phi) is 3.70. The molecule has 0 fully saturated rings. The first-order valence-corrected chi connectivity index (χ1v) is 7.30. The van der Waals surface area contributed by atoms with Crippen molar-refractivity contribution in [3.63, 3.8) is 0 Å². The zero-order chi connectivity index (χ0) is 14.1. The number of hydrogen-bond donors (Lipinski definition) is 1. The molecule has 0 aliphatic carbocycles. The normalized spacial score (nSPS) is 12.8. The number of fused-ring (bicyclic) bond motifs is 1. The molecule has 2 nitrogen and oxygen atoms in total. The van der Waals surface area contributed by atoms with Crippen molar-refractivity contribution in [2.45, 2.75) is 12.5 Å². The average molecular weight is 308 g/mol. The third-order valence-corrected chi connectivity index (χ3v) is 4.25. The maximum Gasteiger partial charge on any atom is 0.125 e. The Morgan fingerprint density at radius 3 is 2.80 bits per heavy atom. The highest BCUT2D eigenvalue weighted by molar-refractivity contribution is 7.18. The molecule has 0 saturated carbocycles. The van der Waals surface area contributed by atoms with Crippen LogP contribution in [-0.2, 0) is 6.42 Å². The molecule has 0 spiro atoms. The molecule has 20 heavy (non-hydrogen) atoms. The van der Waals surface area contributed by atoms with Crippen LogP contribution in [0.4, 0.5) is 4.39 Å². The van der Waals surface area contributed by atoms with Crippen LogP contribution in [0.15, 0.2) is 42.5 Å². The van der Waals surface area contributed by atoms with E-state index < -0.39 is 11.9 Å². The molecular weight excluding hydrogens is 297 g/mol. The fraction of sp³-hybridized carbons (Fsp3) is 0.133. The number of halogens is 2. The number of nitrogens with zero attached hydrogens (tertiary/aromatic N) is 1. The number of hydrogen-bond acceptors (Lipinski definition) is 3. The molecule has 3 rings (SSSR count). The van der Waals surface area contributed by atoms with Gasteiger partial charge in [0.05, 0.1) is 21.3 Å². The van der Waals surface area contributed by atoms with E-state index in [0.717, 1.165) is 15.2 Å².